The minimum Gasteiger partial charge on any atom is -0.356 e. The van der Waals surface area contributed by atoms with Crippen LogP contribution >= 0.6 is 0 Å². The molecule has 0 radical (unpaired) electrons. The van der Waals surface area contributed by atoms with E-state index in [0.29, 0.717) is 25.6 Å². The predicted molar refractivity (Wildman–Crippen MR) is 75.0 cm³/mol. The van der Waals surface area contributed by atoms with E-state index < -0.39 is 0 Å². The van der Waals surface area contributed by atoms with Crippen LogP contribution in [0.4, 0.5) is 4.79 Å². The van der Waals surface area contributed by atoms with Gasteiger partial charge in [0.2, 0.25) is 5.91 Å². The van der Waals surface area contributed by atoms with Crippen LogP contribution in [0.3, 0.4) is 0 Å². The number of piperidine rings is 1. The highest BCUT2D eigenvalue weighted by Crippen LogP contribution is 2.11. The Morgan fingerprint density at radius 1 is 1.26 bits per heavy atom. The molecular formula is C13H26N4O2. The minimum atomic E-state index is 0.0840. The second-order valence-corrected chi connectivity index (χ2v) is 5.10. The van der Waals surface area contributed by atoms with Crippen molar-refractivity contribution in [1.29, 1.82) is 0 Å². The zero-order chi connectivity index (χ0) is 14.3. The Bertz CT molecular complexity index is 299. The molecule has 1 aliphatic rings. The van der Waals surface area contributed by atoms with Gasteiger partial charge >= 0.3 is 6.03 Å². The topological polar surface area (TPSA) is 64.7 Å². The molecule has 0 aromatic carbocycles. The Hall–Kier alpha value is -1.30. The van der Waals surface area contributed by atoms with Crippen molar-refractivity contribution in [1.82, 2.24) is 20.4 Å². The second kappa shape index (κ2) is 7.99. The number of nitrogens with zero attached hydrogens (tertiary/aromatic N) is 2. The Morgan fingerprint density at radius 3 is 2.42 bits per heavy atom. The molecule has 0 bridgehead atoms. The minimum absolute atomic E-state index is 0.0840. The highest BCUT2D eigenvalue weighted by atomic mass is 16.2. The van der Waals surface area contributed by atoms with Crippen LogP contribution in [-0.2, 0) is 4.79 Å². The number of amides is 3. The number of carbonyl (C=O) groups is 2. The number of likely N-dealkylation sites (tertiary alicyclic amines) is 1. The molecule has 0 unspecified atom stereocenters. The lowest BCUT2D eigenvalue weighted by molar-refractivity contribution is -0.120. The summed E-state index contributed by atoms with van der Waals surface area (Å²) in [4.78, 5) is 26.5. The van der Waals surface area contributed by atoms with Gasteiger partial charge in [0.1, 0.15) is 0 Å². The van der Waals surface area contributed by atoms with Crippen LogP contribution in [0.15, 0.2) is 0 Å². The quantitative estimate of drug-likeness (QED) is 0.752. The van der Waals surface area contributed by atoms with Crippen molar-refractivity contribution in [2.75, 3.05) is 40.3 Å². The van der Waals surface area contributed by atoms with Crippen molar-refractivity contribution in [3.63, 3.8) is 0 Å². The number of nitrogens with one attached hydrogen (secondary N) is 2. The average molecular weight is 270 g/mol. The monoisotopic (exact) mass is 270 g/mol. The Kier molecular flexibility index (Phi) is 6.62. The lowest BCUT2D eigenvalue weighted by atomic mass is 10.1. The summed E-state index contributed by atoms with van der Waals surface area (Å²) in [6.07, 6.45) is 2.43. The van der Waals surface area contributed by atoms with Gasteiger partial charge in [-0.15, -0.1) is 0 Å². The van der Waals surface area contributed by atoms with Crippen LogP contribution < -0.4 is 10.6 Å². The molecule has 1 aliphatic heterocycles. The molecule has 0 spiro atoms. The highest BCUT2D eigenvalue weighted by molar-refractivity contribution is 5.76. The van der Waals surface area contributed by atoms with Gasteiger partial charge in [-0.05, 0) is 19.8 Å². The SMILES string of the molecule is CCNC(=O)CCNC1CCN(C(=O)N(C)C)CC1. The summed E-state index contributed by atoms with van der Waals surface area (Å²) in [5.74, 6) is 0.0928. The third-order valence-electron chi connectivity index (χ3n) is 3.31. The molecule has 1 fully saturated rings. The van der Waals surface area contributed by atoms with E-state index in [9.17, 15) is 9.59 Å². The maximum Gasteiger partial charge on any atom is 0.319 e. The molecular weight excluding hydrogens is 244 g/mol. The summed E-state index contributed by atoms with van der Waals surface area (Å²) < 4.78 is 0. The van der Waals surface area contributed by atoms with Gasteiger partial charge in [-0.2, -0.15) is 0 Å². The molecule has 2 N–H and O–H groups in total. The van der Waals surface area contributed by atoms with Crippen LogP contribution in [0.5, 0.6) is 0 Å². The number of rotatable bonds is 5. The van der Waals surface area contributed by atoms with Crippen LogP contribution in [0.2, 0.25) is 0 Å². The highest BCUT2D eigenvalue weighted by Gasteiger charge is 2.23. The van der Waals surface area contributed by atoms with E-state index in [1.54, 1.807) is 19.0 Å². The first kappa shape index (κ1) is 15.8. The van der Waals surface area contributed by atoms with Crippen molar-refractivity contribution in [3.05, 3.63) is 0 Å². The van der Waals surface area contributed by atoms with Crippen LogP contribution in [-0.4, -0.2) is 68.1 Å². The Balaban J connectivity index is 2.16. The molecule has 0 aromatic heterocycles. The third kappa shape index (κ3) is 5.46. The van der Waals surface area contributed by atoms with Crippen LogP contribution in [0.1, 0.15) is 26.2 Å². The fraction of sp³-hybridized carbons (Fsp3) is 0.846. The Labute approximate surface area is 115 Å². The first-order valence-corrected chi connectivity index (χ1v) is 7.01. The lowest BCUT2D eigenvalue weighted by Gasteiger charge is -2.34. The van der Waals surface area contributed by atoms with Crippen LogP contribution in [0, 0.1) is 0 Å². The van der Waals surface area contributed by atoms with Gasteiger partial charge in [0.05, 0.1) is 0 Å². The van der Waals surface area contributed by atoms with Gasteiger partial charge in [0.15, 0.2) is 0 Å². The van der Waals surface area contributed by atoms with E-state index in [1.807, 2.05) is 11.8 Å². The fourth-order valence-electron chi connectivity index (χ4n) is 2.23. The molecule has 1 heterocycles. The first-order valence-electron chi connectivity index (χ1n) is 7.01. The summed E-state index contributed by atoms with van der Waals surface area (Å²) in [5.41, 5.74) is 0. The molecule has 0 aromatic rings. The van der Waals surface area contributed by atoms with E-state index in [0.717, 1.165) is 25.9 Å². The normalized spacial score (nSPS) is 16.3. The second-order valence-electron chi connectivity index (χ2n) is 5.10. The van der Waals surface area contributed by atoms with E-state index in [-0.39, 0.29) is 11.9 Å². The Morgan fingerprint density at radius 2 is 1.89 bits per heavy atom. The molecule has 6 heteroatoms. The van der Waals surface area contributed by atoms with Crippen molar-refractivity contribution in [2.24, 2.45) is 0 Å². The van der Waals surface area contributed by atoms with Gasteiger partial charge < -0.3 is 20.4 Å². The molecule has 6 nitrogen and oxygen atoms in total. The van der Waals surface area contributed by atoms with Gasteiger partial charge in [-0.3, -0.25) is 4.79 Å². The molecule has 1 saturated heterocycles. The number of hydrogen-bond donors (Lipinski definition) is 2. The molecule has 3 amide bonds. The first-order chi connectivity index (χ1) is 9.04. The van der Waals surface area contributed by atoms with Crippen molar-refractivity contribution in [3.8, 4) is 0 Å². The number of carbonyl (C=O) groups excluding carboxylic acids is 2. The summed E-state index contributed by atoms with van der Waals surface area (Å²) in [5, 5.41) is 6.17. The van der Waals surface area contributed by atoms with Gasteiger partial charge in [-0.25, -0.2) is 4.79 Å². The number of urea groups is 1. The standard InChI is InChI=1S/C13H26N4O2/c1-4-14-12(18)5-8-15-11-6-9-17(10-7-11)13(19)16(2)3/h11,15H,4-10H2,1-3H3,(H,14,18). The molecule has 0 atom stereocenters. The maximum atomic E-state index is 11.8. The van der Waals surface area contributed by atoms with E-state index in [2.05, 4.69) is 10.6 Å². The summed E-state index contributed by atoms with van der Waals surface area (Å²) >= 11 is 0. The van der Waals surface area contributed by atoms with Crippen molar-refractivity contribution >= 4 is 11.9 Å². The molecule has 19 heavy (non-hydrogen) atoms. The van der Waals surface area contributed by atoms with E-state index in [1.165, 1.54) is 0 Å². The summed E-state index contributed by atoms with van der Waals surface area (Å²) in [6.45, 7) is 4.89. The molecule has 0 saturated carbocycles. The van der Waals surface area contributed by atoms with Crippen molar-refractivity contribution < 1.29 is 9.59 Å². The van der Waals surface area contributed by atoms with Gasteiger partial charge in [-0.1, -0.05) is 0 Å². The third-order valence-corrected chi connectivity index (χ3v) is 3.31. The van der Waals surface area contributed by atoms with Gasteiger partial charge in [0.25, 0.3) is 0 Å². The van der Waals surface area contributed by atoms with Gasteiger partial charge in [0, 0.05) is 52.7 Å². The van der Waals surface area contributed by atoms with Crippen molar-refractivity contribution in [2.45, 2.75) is 32.2 Å². The van der Waals surface area contributed by atoms with E-state index >= 15 is 0 Å². The molecule has 110 valence electrons. The maximum absolute atomic E-state index is 11.8. The summed E-state index contributed by atoms with van der Waals surface area (Å²) in [6, 6.07) is 0.501. The lowest BCUT2D eigenvalue weighted by Crippen LogP contribution is -2.48. The summed E-state index contributed by atoms with van der Waals surface area (Å²) in [7, 11) is 3.55. The zero-order valence-electron chi connectivity index (χ0n) is 12.2. The smallest absolute Gasteiger partial charge is 0.319 e. The molecule has 1 rings (SSSR count). The average Bonchev–Trinajstić information content (AvgIpc) is 2.39. The van der Waals surface area contributed by atoms with Crippen LogP contribution in [0.25, 0.3) is 0 Å². The number of hydrogen-bond acceptors (Lipinski definition) is 3. The fourth-order valence-corrected chi connectivity index (χ4v) is 2.23. The van der Waals surface area contributed by atoms with E-state index in [4.69, 9.17) is 0 Å². The zero-order valence-corrected chi connectivity index (χ0v) is 12.2. The molecule has 0 aliphatic carbocycles. The predicted octanol–water partition coefficient (Wildman–Crippen LogP) is 0.248. The largest absolute Gasteiger partial charge is 0.356 e.